The third kappa shape index (κ3) is 4.28. The number of aromatic nitrogens is 3. The standard InChI is InChI=1S/C14H27N5/c1-13(2,3)15-9-14(4,5)10-18-6-7-19-11-16-17-12(19)8-18/h11,15H,6-10H2,1-5H3. The molecule has 0 aromatic carbocycles. The van der Waals surface area contributed by atoms with Gasteiger partial charge in [-0.15, -0.1) is 10.2 Å². The quantitative estimate of drug-likeness (QED) is 0.896. The van der Waals surface area contributed by atoms with Crippen molar-refractivity contribution in [3.8, 4) is 0 Å². The molecule has 0 unspecified atom stereocenters. The van der Waals surface area contributed by atoms with Gasteiger partial charge < -0.3 is 9.88 Å². The second kappa shape index (κ2) is 5.21. The Morgan fingerprint density at radius 3 is 2.63 bits per heavy atom. The van der Waals surface area contributed by atoms with Gasteiger partial charge in [0.1, 0.15) is 12.2 Å². The van der Waals surface area contributed by atoms with E-state index in [1.165, 1.54) is 0 Å². The summed E-state index contributed by atoms with van der Waals surface area (Å²) in [5.74, 6) is 1.09. The Morgan fingerprint density at radius 2 is 1.95 bits per heavy atom. The normalized spacial score (nSPS) is 17.5. The third-order valence-corrected chi connectivity index (χ3v) is 3.47. The van der Waals surface area contributed by atoms with Crippen molar-refractivity contribution >= 4 is 0 Å². The highest BCUT2D eigenvalue weighted by Gasteiger charge is 2.26. The third-order valence-electron chi connectivity index (χ3n) is 3.47. The maximum atomic E-state index is 4.18. The molecule has 1 N–H and O–H groups in total. The predicted molar refractivity (Wildman–Crippen MR) is 76.8 cm³/mol. The van der Waals surface area contributed by atoms with Crippen molar-refractivity contribution in [1.29, 1.82) is 0 Å². The summed E-state index contributed by atoms with van der Waals surface area (Å²) in [7, 11) is 0. The molecule has 0 fully saturated rings. The lowest BCUT2D eigenvalue weighted by Crippen LogP contribution is -2.47. The fourth-order valence-corrected chi connectivity index (χ4v) is 2.42. The van der Waals surface area contributed by atoms with E-state index in [0.717, 1.165) is 38.5 Å². The van der Waals surface area contributed by atoms with E-state index in [1.54, 1.807) is 0 Å². The highest BCUT2D eigenvalue weighted by molar-refractivity contribution is 4.91. The number of nitrogens with zero attached hydrogens (tertiary/aromatic N) is 4. The smallest absolute Gasteiger partial charge is 0.147 e. The van der Waals surface area contributed by atoms with Crippen molar-refractivity contribution in [2.45, 2.75) is 53.2 Å². The van der Waals surface area contributed by atoms with Crippen LogP contribution in [0.2, 0.25) is 0 Å². The lowest BCUT2D eigenvalue weighted by atomic mass is 9.91. The first-order valence-corrected chi connectivity index (χ1v) is 7.09. The van der Waals surface area contributed by atoms with E-state index in [4.69, 9.17) is 0 Å². The van der Waals surface area contributed by atoms with Gasteiger partial charge in [0.05, 0.1) is 6.54 Å². The van der Waals surface area contributed by atoms with Gasteiger partial charge in [0.2, 0.25) is 0 Å². The molecule has 0 radical (unpaired) electrons. The summed E-state index contributed by atoms with van der Waals surface area (Å²) in [5, 5.41) is 11.8. The van der Waals surface area contributed by atoms with Crippen molar-refractivity contribution in [1.82, 2.24) is 25.0 Å². The van der Waals surface area contributed by atoms with Gasteiger partial charge in [-0.3, -0.25) is 4.90 Å². The van der Waals surface area contributed by atoms with E-state index in [1.807, 2.05) is 6.33 Å². The lowest BCUT2D eigenvalue weighted by Gasteiger charge is -2.36. The highest BCUT2D eigenvalue weighted by Crippen LogP contribution is 2.20. The highest BCUT2D eigenvalue weighted by atomic mass is 15.3. The summed E-state index contributed by atoms with van der Waals surface area (Å²) in [6.45, 7) is 16.4. The molecule has 2 heterocycles. The fraction of sp³-hybridized carbons (Fsp3) is 0.857. The first kappa shape index (κ1) is 14.5. The molecular formula is C14H27N5. The van der Waals surface area contributed by atoms with Crippen LogP contribution in [0.15, 0.2) is 6.33 Å². The van der Waals surface area contributed by atoms with Gasteiger partial charge in [0, 0.05) is 31.7 Å². The van der Waals surface area contributed by atoms with Crippen molar-refractivity contribution in [2.75, 3.05) is 19.6 Å². The Morgan fingerprint density at radius 1 is 1.21 bits per heavy atom. The van der Waals surface area contributed by atoms with Crippen LogP contribution in [0.25, 0.3) is 0 Å². The molecule has 2 rings (SSSR count). The first-order valence-electron chi connectivity index (χ1n) is 7.09. The summed E-state index contributed by atoms with van der Waals surface area (Å²) >= 11 is 0. The SMILES string of the molecule is CC(C)(CNC(C)(C)C)CN1CCn2cnnc2C1. The minimum Gasteiger partial charge on any atom is -0.315 e. The van der Waals surface area contributed by atoms with Gasteiger partial charge in [-0.1, -0.05) is 13.8 Å². The summed E-state index contributed by atoms with van der Waals surface area (Å²) in [6.07, 6.45) is 1.83. The predicted octanol–water partition coefficient (Wildman–Crippen LogP) is 1.51. The summed E-state index contributed by atoms with van der Waals surface area (Å²) in [5.41, 5.74) is 0.439. The molecule has 0 bridgehead atoms. The Balaban J connectivity index is 1.87. The van der Waals surface area contributed by atoms with Gasteiger partial charge >= 0.3 is 0 Å². The minimum atomic E-state index is 0.180. The second-order valence-corrected chi connectivity index (χ2v) is 7.42. The van der Waals surface area contributed by atoms with Crippen LogP contribution in [0.5, 0.6) is 0 Å². The van der Waals surface area contributed by atoms with Crippen LogP contribution in [0, 0.1) is 5.41 Å². The Labute approximate surface area is 116 Å². The maximum absolute atomic E-state index is 4.18. The molecule has 19 heavy (non-hydrogen) atoms. The summed E-state index contributed by atoms with van der Waals surface area (Å²) in [4.78, 5) is 2.48. The van der Waals surface area contributed by atoms with E-state index in [0.29, 0.717) is 0 Å². The molecule has 1 aliphatic rings. The molecule has 0 aliphatic carbocycles. The van der Waals surface area contributed by atoms with E-state index in [9.17, 15) is 0 Å². The largest absolute Gasteiger partial charge is 0.315 e. The maximum Gasteiger partial charge on any atom is 0.147 e. The van der Waals surface area contributed by atoms with Gasteiger partial charge in [-0.2, -0.15) is 0 Å². The number of fused-ring (bicyclic) bond motifs is 1. The molecular weight excluding hydrogens is 238 g/mol. The number of hydrogen-bond acceptors (Lipinski definition) is 4. The monoisotopic (exact) mass is 265 g/mol. The van der Waals surface area contributed by atoms with Crippen LogP contribution >= 0.6 is 0 Å². The van der Waals surface area contributed by atoms with Crippen LogP contribution in [0.3, 0.4) is 0 Å². The first-order chi connectivity index (χ1) is 8.75. The second-order valence-electron chi connectivity index (χ2n) is 7.42. The van der Waals surface area contributed by atoms with Crippen LogP contribution in [-0.2, 0) is 13.1 Å². The zero-order chi connectivity index (χ0) is 14.1. The van der Waals surface area contributed by atoms with E-state index >= 15 is 0 Å². The van der Waals surface area contributed by atoms with Crippen molar-refractivity contribution in [3.63, 3.8) is 0 Å². The molecule has 0 amide bonds. The average molecular weight is 265 g/mol. The van der Waals surface area contributed by atoms with E-state index in [-0.39, 0.29) is 11.0 Å². The minimum absolute atomic E-state index is 0.180. The molecule has 0 saturated heterocycles. The number of hydrogen-bond donors (Lipinski definition) is 1. The van der Waals surface area contributed by atoms with Crippen molar-refractivity contribution in [3.05, 3.63) is 12.2 Å². The van der Waals surface area contributed by atoms with Gasteiger partial charge in [-0.05, 0) is 26.2 Å². The molecule has 1 aromatic heterocycles. The molecule has 0 atom stereocenters. The zero-order valence-electron chi connectivity index (χ0n) is 12.9. The van der Waals surface area contributed by atoms with Crippen LogP contribution < -0.4 is 5.32 Å². The van der Waals surface area contributed by atoms with Crippen molar-refractivity contribution in [2.24, 2.45) is 5.41 Å². The Hall–Kier alpha value is -0.940. The summed E-state index contributed by atoms with van der Waals surface area (Å²) in [6, 6.07) is 0. The Kier molecular flexibility index (Phi) is 3.97. The number of rotatable bonds is 4. The Bertz CT molecular complexity index is 416. The van der Waals surface area contributed by atoms with E-state index < -0.39 is 0 Å². The number of nitrogens with one attached hydrogen (secondary N) is 1. The lowest BCUT2D eigenvalue weighted by molar-refractivity contribution is 0.136. The van der Waals surface area contributed by atoms with Gasteiger partial charge in [-0.25, -0.2) is 0 Å². The fourth-order valence-electron chi connectivity index (χ4n) is 2.42. The molecule has 5 heteroatoms. The topological polar surface area (TPSA) is 46.0 Å². The molecule has 5 nitrogen and oxygen atoms in total. The zero-order valence-corrected chi connectivity index (χ0v) is 12.9. The average Bonchev–Trinajstić information content (AvgIpc) is 2.72. The van der Waals surface area contributed by atoms with Crippen LogP contribution in [-0.4, -0.2) is 44.8 Å². The summed E-state index contributed by atoms with van der Waals surface area (Å²) < 4.78 is 2.15. The van der Waals surface area contributed by atoms with Crippen molar-refractivity contribution < 1.29 is 0 Å². The van der Waals surface area contributed by atoms with Crippen LogP contribution in [0.1, 0.15) is 40.4 Å². The van der Waals surface area contributed by atoms with Crippen LogP contribution in [0.4, 0.5) is 0 Å². The molecule has 0 saturated carbocycles. The molecule has 0 spiro atoms. The van der Waals surface area contributed by atoms with Gasteiger partial charge in [0.25, 0.3) is 0 Å². The van der Waals surface area contributed by atoms with E-state index in [2.05, 4.69) is 59.6 Å². The molecule has 1 aromatic rings. The molecule has 1 aliphatic heterocycles. The van der Waals surface area contributed by atoms with Gasteiger partial charge in [0.15, 0.2) is 0 Å². The molecule has 108 valence electrons.